The molecule has 0 bridgehead atoms. The van der Waals surface area contributed by atoms with Crippen LogP contribution in [0.4, 0.5) is 5.69 Å². The molecule has 2 aliphatic rings. The molecular formula is C26H20N2O3. The summed E-state index contributed by atoms with van der Waals surface area (Å²) >= 11 is 0. The van der Waals surface area contributed by atoms with E-state index >= 15 is 0 Å². The number of hydrogen-bond donors (Lipinski definition) is 1. The molecule has 3 aromatic rings. The minimum absolute atomic E-state index is 0.208. The average molecular weight is 408 g/mol. The highest BCUT2D eigenvalue weighted by Crippen LogP contribution is 2.49. The molecule has 3 aromatic carbocycles. The van der Waals surface area contributed by atoms with Gasteiger partial charge in [-0.2, -0.15) is 0 Å². The maximum atomic E-state index is 13.7. The second kappa shape index (κ2) is 7.36. The molecule has 1 amide bonds. The van der Waals surface area contributed by atoms with E-state index in [0.29, 0.717) is 22.5 Å². The monoisotopic (exact) mass is 408 g/mol. The van der Waals surface area contributed by atoms with Crippen molar-refractivity contribution < 1.29 is 14.4 Å². The topological polar surface area (TPSA) is 67.8 Å². The van der Waals surface area contributed by atoms with Gasteiger partial charge in [0, 0.05) is 16.8 Å². The molecule has 2 unspecified atom stereocenters. The SMILES string of the molecule is Cc1ccc(C(=O)C2C(/C=C/c3ccccc3)=NOC23C(=O)Nc2ccccc23)cc1. The number of para-hydroxylation sites is 1. The maximum Gasteiger partial charge on any atom is 0.277 e. The number of allylic oxidation sites excluding steroid dienone is 1. The number of benzene rings is 3. The number of carbonyl (C=O) groups is 2. The summed E-state index contributed by atoms with van der Waals surface area (Å²) in [6.07, 6.45) is 3.63. The zero-order chi connectivity index (χ0) is 21.4. The van der Waals surface area contributed by atoms with Crippen LogP contribution in [-0.4, -0.2) is 17.4 Å². The number of fused-ring (bicyclic) bond motifs is 2. The maximum absolute atomic E-state index is 13.7. The van der Waals surface area contributed by atoms with E-state index in [9.17, 15) is 9.59 Å². The first kappa shape index (κ1) is 19.0. The summed E-state index contributed by atoms with van der Waals surface area (Å²) in [5, 5.41) is 7.09. The molecule has 2 atom stereocenters. The standard InChI is InChI=1S/C26H20N2O3/c1-17-11-14-19(15-12-17)24(29)23-22(16-13-18-7-3-2-4-8-18)28-31-26(23)20-9-5-6-10-21(20)27-25(26)30/h2-16,23H,1H3,(H,27,30)/b16-13+. The molecule has 152 valence electrons. The van der Waals surface area contributed by atoms with Gasteiger partial charge in [0.2, 0.25) is 0 Å². The summed E-state index contributed by atoms with van der Waals surface area (Å²) in [6, 6.07) is 24.3. The van der Waals surface area contributed by atoms with Crippen LogP contribution in [0, 0.1) is 12.8 Å². The zero-order valence-corrected chi connectivity index (χ0v) is 16.9. The summed E-state index contributed by atoms with van der Waals surface area (Å²) in [6.45, 7) is 1.96. The lowest BCUT2D eigenvalue weighted by molar-refractivity contribution is -0.140. The summed E-state index contributed by atoms with van der Waals surface area (Å²) in [5.74, 6) is -1.49. The second-order valence-electron chi connectivity index (χ2n) is 7.75. The van der Waals surface area contributed by atoms with Gasteiger partial charge in [-0.05, 0) is 24.6 Å². The second-order valence-corrected chi connectivity index (χ2v) is 7.75. The van der Waals surface area contributed by atoms with Crippen molar-refractivity contribution in [1.29, 1.82) is 0 Å². The first-order valence-corrected chi connectivity index (χ1v) is 10.1. The van der Waals surface area contributed by atoms with E-state index in [1.54, 1.807) is 24.3 Å². The fourth-order valence-corrected chi connectivity index (χ4v) is 4.14. The molecule has 5 heteroatoms. The first-order valence-electron chi connectivity index (χ1n) is 10.1. The molecule has 2 heterocycles. The third-order valence-electron chi connectivity index (χ3n) is 5.75. The summed E-state index contributed by atoms with van der Waals surface area (Å²) in [4.78, 5) is 32.7. The highest BCUT2D eigenvalue weighted by Gasteiger charge is 2.62. The number of nitrogens with zero attached hydrogens (tertiary/aromatic N) is 1. The third-order valence-corrected chi connectivity index (χ3v) is 5.75. The lowest BCUT2D eigenvalue weighted by atomic mass is 9.75. The van der Waals surface area contributed by atoms with Crippen LogP contribution in [0.3, 0.4) is 0 Å². The van der Waals surface area contributed by atoms with Gasteiger partial charge in [-0.1, -0.05) is 89.6 Å². The number of anilines is 1. The molecule has 0 saturated carbocycles. The van der Waals surface area contributed by atoms with Crippen molar-refractivity contribution in [3.05, 3.63) is 107 Å². The molecule has 0 aliphatic carbocycles. The van der Waals surface area contributed by atoms with E-state index in [4.69, 9.17) is 4.84 Å². The van der Waals surface area contributed by atoms with E-state index < -0.39 is 11.5 Å². The fourth-order valence-electron chi connectivity index (χ4n) is 4.14. The lowest BCUT2D eigenvalue weighted by Crippen LogP contribution is -2.46. The van der Waals surface area contributed by atoms with Crippen LogP contribution in [0.2, 0.25) is 0 Å². The largest absolute Gasteiger partial charge is 0.373 e. The third kappa shape index (κ3) is 3.06. The van der Waals surface area contributed by atoms with Gasteiger partial charge in [-0.25, -0.2) is 0 Å². The lowest BCUT2D eigenvalue weighted by Gasteiger charge is -2.26. The molecule has 2 aliphatic heterocycles. The Labute approximate surface area is 180 Å². The first-order chi connectivity index (χ1) is 15.1. The molecule has 0 aromatic heterocycles. The van der Waals surface area contributed by atoms with Crippen LogP contribution in [0.5, 0.6) is 0 Å². The highest BCUT2D eigenvalue weighted by atomic mass is 16.7. The van der Waals surface area contributed by atoms with Gasteiger partial charge in [-0.15, -0.1) is 0 Å². The minimum atomic E-state index is -1.52. The number of nitrogens with one attached hydrogen (secondary N) is 1. The van der Waals surface area contributed by atoms with Gasteiger partial charge >= 0.3 is 0 Å². The number of aryl methyl sites for hydroxylation is 1. The average Bonchev–Trinajstić information content (AvgIpc) is 3.32. The van der Waals surface area contributed by atoms with Crippen LogP contribution in [0.15, 0.2) is 90.1 Å². The van der Waals surface area contributed by atoms with Crippen molar-refractivity contribution in [3.8, 4) is 0 Å². The molecule has 0 saturated heterocycles. The van der Waals surface area contributed by atoms with Crippen molar-refractivity contribution in [2.24, 2.45) is 11.1 Å². The van der Waals surface area contributed by atoms with E-state index in [1.807, 2.05) is 73.7 Å². The van der Waals surface area contributed by atoms with E-state index in [-0.39, 0.29) is 11.7 Å². The van der Waals surface area contributed by atoms with Crippen LogP contribution in [-0.2, 0) is 15.2 Å². The molecule has 1 spiro atoms. The van der Waals surface area contributed by atoms with Crippen LogP contribution in [0.25, 0.3) is 6.08 Å². The van der Waals surface area contributed by atoms with Crippen molar-refractivity contribution in [3.63, 3.8) is 0 Å². The molecule has 5 nitrogen and oxygen atoms in total. The number of oxime groups is 1. The Morgan fingerprint density at radius 1 is 0.968 bits per heavy atom. The van der Waals surface area contributed by atoms with Gasteiger partial charge in [0.25, 0.3) is 11.5 Å². The van der Waals surface area contributed by atoms with Crippen LogP contribution >= 0.6 is 0 Å². The number of ketones is 1. The smallest absolute Gasteiger partial charge is 0.277 e. The number of carbonyl (C=O) groups excluding carboxylic acids is 2. The Bertz CT molecular complexity index is 1230. The molecule has 0 fully saturated rings. The fraction of sp³-hybridized carbons (Fsp3) is 0.115. The minimum Gasteiger partial charge on any atom is -0.373 e. The van der Waals surface area contributed by atoms with E-state index in [2.05, 4.69) is 10.5 Å². The highest BCUT2D eigenvalue weighted by molar-refractivity contribution is 6.23. The van der Waals surface area contributed by atoms with Crippen molar-refractivity contribution in [1.82, 2.24) is 0 Å². The Hall–Kier alpha value is -3.99. The predicted molar refractivity (Wildman–Crippen MR) is 120 cm³/mol. The number of Topliss-reactive ketones (excluding diaryl/α,β-unsaturated/α-hetero) is 1. The van der Waals surface area contributed by atoms with Crippen molar-refractivity contribution >= 4 is 29.2 Å². The Morgan fingerprint density at radius 2 is 1.68 bits per heavy atom. The number of hydrogen-bond acceptors (Lipinski definition) is 4. The molecule has 0 radical (unpaired) electrons. The van der Waals surface area contributed by atoms with Gasteiger partial charge < -0.3 is 10.2 Å². The number of amides is 1. The Morgan fingerprint density at radius 3 is 2.45 bits per heavy atom. The number of rotatable bonds is 4. The van der Waals surface area contributed by atoms with Gasteiger partial charge in [0.15, 0.2) is 5.78 Å². The van der Waals surface area contributed by atoms with E-state index in [1.165, 1.54) is 0 Å². The molecule has 1 N–H and O–H groups in total. The quantitative estimate of drug-likeness (QED) is 0.634. The predicted octanol–water partition coefficient (Wildman–Crippen LogP) is 4.74. The van der Waals surface area contributed by atoms with Crippen LogP contribution < -0.4 is 5.32 Å². The van der Waals surface area contributed by atoms with Gasteiger partial charge in [0.1, 0.15) is 5.92 Å². The zero-order valence-electron chi connectivity index (χ0n) is 16.9. The van der Waals surface area contributed by atoms with Gasteiger partial charge in [0.05, 0.1) is 5.71 Å². The summed E-state index contributed by atoms with van der Waals surface area (Å²) < 4.78 is 0. The van der Waals surface area contributed by atoms with Gasteiger partial charge in [-0.3, -0.25) is 9.59 Å². The van der Waals surface area contributed by atoms with Crippen LogP contribution in [0.1, 0.15) is 27.0 Å². The normalized spacial score (nSPS) is 21.6. The Kier molecular flexibility index (Phi) is 4.51. The molecular weight excluding hydrogens is 388 g/mol. The Balaban J connectivity index is 1.61. The molecule has 31 heavy (non-hydrogen) atoms. The van der Waals surface area contributed by atoms with Crippen molar-refractivity contribution in [2.75, 3.05) is 5.32 Å². The van der Waals surface area contributed by atoms with E-state index in [0.717, 1.165) is 11.1 Å². The van der Waals surface area contributed by atoms with Crippen molar-refractivity contribution in [2.45, 2.75) is 12.5 Å². The summed E-state index contributed by atoms with van der Waals surface area (Å²) in [5.41, 5.74) is 2.68. The summed E-state index contributed by atoms with van der Waals surface area (Å²) in [7, 11) is 0. The molecule has 5 rings (SSSR count).